The van der Waals surface area contributed by atoms with Crippen LogP contribution in [-0.2, 0) is 17.4 Å². The monoisotopic (exact) mass is 556 g/mol. The summed E-state index contributed by atoms with van der Waals surface area (Å²) in [6.07, 6.45) is -2.45. The molecule has 0 saturated heterocycles. The lowest BCUT2D eigenvalue weighted by Gasteiger charge is -2.12. The third kappa shape index (κ3) is 9.46. The maximum atomic E-state index is 12.9. The van der Waals surface area contributed by atoms with Gasteiger partial charge in [-0.2, -0.15) is 13.2 Å². The molecule has 0 aliphatic rings. The summed E-state index contributed by atoms with van der Waals surface area (Å²) < 4.78 is 49.4. The summed E-state index contributed by atoms with van der Waals surface area (Å²) in [5.41, 5.74) is 0.917. The second kappa shape index (κ2) is 14.2. The quantitative estimate of drug-likeness (QED) is 0.273. The zero-order chi connectivity index (χ0) is 29.1. The summed E-state index contributed by atoms with van der Waals surface area (Å²) in [7, 11) is 0. The van der Waals surface area contributed by atoms with Crippen molar-refractivity contribution in [2.24, 2.45) is 0 Å². The van der Waals surface area contributed by atoms with E-state index in [2.05, 4.69) is 10.6 Å². The van der Waals surface area contributed by atoms with Crippen LogP contribution in [0.15, 0.2) is 78.5 Å². The topological polar surface area (TPSA) is 96.9 Å². The van der Waals surface area contributed by atoms with Crippen LogP contribution in [0, 0.1) is 0 Å². The molecule has 0 unspecified atom stereocenters. The number of carbonyl (C=O) groups excluding carboxylic acids is 2. The van der Waals surface area contributed by atoms with Gasteiger partial charge in [0, 0.05) is 18.5 Å². The van der Waals surface area contributed by atoms with Crippen molar-refractivity contribution in [3.63, 3.8) is 0 Å². The minimum Gasteiger partial charge on any atom is -0.493 e. The maximum absolute atomic E-state index is 12.9. The summed E-state index contributed by atoms with van der Waals surface area (Å²) in [5.74, 6) is 0.0577. The summed E-state index contributed by atoms with van der Waals surface area (Å²) >= 11 is 0. The van der Waals surface area contributed by atoms with Gasteiger partial charge in [0.25, 0.3) is 11.8 Å². The van der Waals surface area contributed by atoms with Gasteiger partial charge in [-0.15, -0.1) is 0 Å². The lowest BCUT2D eigenvalue weighted by atomic mass is 10.1. The van der Waals surface area contributed by atoms with E-state index in [0.29, 0.717) is 29.0 Å². The maximum Gasteiger partial charge on any atom is 0.416 e. The van der Waals surface area contributed by atoms with Crippen LogP contribution in [0.2, 0.25) is 0 Å². The molecule has 3 aromatic carbocycles. The van der Waals surface area contributed by atoms with Crippen LogP contribution in [-0.4, -0.2) is 42.8 Å². The average Bonchev–Trinajstić information content (AvgIpc) is 2.92. The van der Waals surface area contributed by atoms with E-state index < -0.39 is 23.6 Å². The number of hydrogen-bond donors (Lipinski definition) is 3. The van der Waals surface area contributed by atoms with Crippen molar-refractivity contribution in [1.82, 2.24) is 10.6 Å². The SMILES string of the molecule is CC(C)Oc1ccc(/C=C(\NC(=O)c2ccc(OCCc3ccc(C(F)(F)F)cc3)cc2)C(=O)NCCO)cc1. The van der Waals surface area contributed by atoms with Gasteiger partial charge >= 0.3 is 6.18 Å². The fourth-order valence-electron chi connectivity index (χ4n) is 3.55. The molecule has 0 atom stereocenters. The zero-order valence-corrected chi connectivity index (χ0v) is 22.1. The number of rotatable bonds is 12. The van der Waals surface area contributed by atoms with Gasteiger partial charge in [-0.3, -0.25) is 9.59 Å². The molecule has 40 heavy (non-hydrogen) atoms. The summed E-state index contributed by atoms with van der Waals surface area (Å²) in [5, 5.41) is 14.2. The smallest absolute Gasteiger partial charge is 0.416 e. The highest BCUT2D eigenvalue weighted by Gasteiger charge is 2.29. The van der Waals surface area contributed by atoms with Crippen LogP contribution in [0.3, 0.4) is 0 Å². The van der Waals surface area contributed by atoms with Gasteiger partial charge in [-0.25, -0.2) is 0 Å². The number of ether oxygens (including phenoxy) is 2. The van der Waals surface area contributed by atoms with E-state index in [1.54, 1.807) is 36.4 Å². The Hall–Kier alpha value is -4.31. The first-order valence-corrected chi connectivity index (χ1v) is 12.6. The highest BCUT2D eigenvalue weighted by molar-refractivity contribution is 6.05. The van der Waals surface area contributed by atoms with Crippen LogP contribution in [0.1, 0.15) is 40.9 Å². The molecule has 2 amide bonds. The number of hydrogen-bond acceptors (Lipinski definition) is 5. The van der Waals surface area contributed by atoms with Crippen molar-refractivity contribution >= 4 is 17.9 Å². The minimum absolute atomic E-state index is 0.00662. The van der Waals surface area contributed by atoms with Crippen LogP contribution in [0.5, 0.6) is 11.5 Å². The van der Waals surface area contributed by atoms with Crippen molar-refractivity contribution in [2.75, 3.05) is 19.8 Å². The van der Waals surface area contributed by atoms with E-state index in [-0.39, 0.29) is 37.1 Å². The van der Waals surface area contributed by atoms with Gasteiger partial charge in [0.15, 0.2) is 0 Å². The summed E-state index contributed by atoms with van der Waals surface area (Å²) in [6, 6.07) is 18.1. The van der Waals surface area contributed by atoms with E-state index in [1.807, 2.05) is 13.8 Å². The van der Waals surface area contributed by atoms with E-state index in [4.69, 9.17) is 14.6 Å². The number of alkyl halides is 3. The molecule has 10 heteroatoms. The zero-order valence-electron chi connectivity index (χ0n) is 22.1. The molecule has 3 N–H and O–H groups in total. The fourth-order valence-corrected chi connectivity index (χ4v) is 3.55. The number of aliphatic hydroxyl groups excluding tert-OH is 1. The Labute approximate surface area is 230 Å². The first kappa shape index (κ1) is 30.2. The van der Waals surface area contributed by atoms with E-state index in [9.17, 15) is 22.8 Å². The fraction of sp³-hybridized carbons (Fsp3) is 0.267. The van der Waals surface area contributed by atoms with Gasteiger partial charge < -0.3 is 25.2 Å². The number of carbonyl (C=O) groups is 2. The Kier molecular flexibility index (Phi) is 10.7. The highest BCUT2D eigenvalue weighted by Crippen LogP contribution is 2.29. The van der Waals surface area contributed by atoms with Crippen LogP contribution < -0.4 is 20.1 Å². The van der Waals surface area contributed by atoms with E-state index in [0.717, 1.165) is 12.1 Å². The molecule has 3 aromatic rings. The summed E-state index contributed by atoms with van der Waals surface area (Å²) in [6.45, 7) is 3.82. The molecule has 212 valence electrons. The molecule has 0 aromatic heterocycles. The first-order chi connectivity index (χ1) is 19.0. The molecule has 0 spiro atoms. The standard InChI is InChI=1S/C30H31F3N2O5/c1-20(2)40-26-11-5-22(6-12-26)19-27(29(38)34-16-17-36)35-28(37)23-7-13-25(14-8-23)39-18-15-21-3-9-24(10-4-21)30(31,32)33/h3-14,19-20,36H,15-18H2,1-2H3,(H,34,38)(H,35,37)/b27-19-. The highest BCUT2D eigenvalue weighted by atomic mass is 19.4. The Balaban J connectivity index is 1.62. The molecule has 3 rings (SSSR count). The lowest BCUT2D eigenvalue weighted by Crippen LogP contribution is -2.36. The Morgan fingerprint density at radius 1 is 0.925 bits per heavy atom. The first-order valence-electron chi connectivity index (χ1n) is 12.6. The molecule has 0 bridgehead atoms. The third-order valence-electron chi connectivity index (χ3n) is 5.51. The largest absolute Gasteiger partial charge is 0.493 e. The van der Waals surface area contributed by atoms with E-state index >= 15 is 0 Å². The molecular formula is C30H31F3N2O5. The van der Waals surface area contributed by atoms with Gasteiger partial charge in [0.2, 0.25) is 0 Å². The van der Waals surface area contributed by atoms with Crippen molar-refractivity contribution in [2.45, 2.75) is 32.5 Å². The van der Waals surface area contributed by atoms with Crippen molar-refractivity contribution < 1.29 is 37.3 Å². The Morgan fingerprint density at radius 2 is 1.55 bits per heavy atom. The lowest BCUT2D eigenvalue weighted by molar-refractivity contribution is -0.137. The molecule has 0 radical (unpaired) electrons. The van der Waals surface area contributed by atoms with Gasteiger partial charge in [0.1, 0.15) is 17.2 Å². The Bertz CT molecular complexity index is 1290. The normalized spacial score (nSPS) is 11.7. The number of halogens is 3. The van der Waals surface area contributed by atoms with Crippen molar-refractivity contribution in [3.05, 3.63) is 101 Å². The third-order valence-corrected chi connectivity index (χ3v) is 5.51. The van der Waals surface area contributed by atoms with Gasteiger partial charge in [-0.05, 0) is 79.6 Å². The molecule has 0 heterocycles. The second-order valence-corrected chi connectivity index (χ2v) is 9.04. The Morgan fingerprint density at radius 3 is 2.12 bits per heavy atom. The molecule has 0 aliphatic carbocycles. The number of amides is 2. The molecule has 0 aliphatic heterocycles. The van der Waals surface area contributed by atoms with Crippen LogP contribution in [0.4, 0.5) is 13.2 Å². The summed E-state index contributed by atoms with van der Waals surface area (Å²) in [4.78, 5) is 25.5. The second-order valence-electron chi connectivity index (χ2n) is 9.04. The van der Waals surface area contributed by atoms with E-state index in [1.165, 1.54) is 30.3 Å². The van der Waals surface area contributed by atoms with Crippen molar-refractivity contribution in [3.8, 4) is 11.5 Å². The van der Waals surface area contributed by atoms with Crippen molar-refractivity contribution in [1.29, 1.82) is 0 Å². The molecule has 0 saturated carbocycles. The number of aliphatic hydroxyl groups is 1. The number of nitrogens with one attached hydrogen (secondary N) is 2. The molecular weight excluding hydrogens is 525 g/mol. The number of benzene rings is 3. The predicted octanol–water partition coefficient (Wildman–Crippen LogP) is 4.99. The minimum atomic E-state index is -4.38. The van der Waals surface area contributed by atoms with Gasteiger partial charge in [0.05, 0.1) is 24.9 Å². The van der Waals surface area contributed by atoms with Crippen LogP contribution >= 0.6 is 0 Å². The average molecular weight is 557 g/mol. The molecule has 0 fully saturated rings. The molecule has 7 nitrogen and oxygen atoms in total. The predicted molar refractivity (Wildman–Crippen MR) is 145 cm³/mol. The van der Waals surface area contributed by atoms with Crippen LogP contribution in [0.25, 0.3) is 6.08 Å². The van der Waals surface area contributed by atoms with Gasteiger partial charge in [-0.1, -0.05) is 24.3 Å².